The van der Waals surface area contributed by atoms with Crippen molar-refractivity contribution in [1.29, 1.82) is 0 Å². The van der Waals surface area contributed by atoms with E-state index in [1.165, 1.54) is 11.1 Å². The van der Waals surface area contributed by atoms with Gasteiger partial charge >= 0.3 is 0 Å². The zero-order valence-corrected chi connectivity index (χ0v) is 12.7. The molecule has 3 rings (SSSR count). The number of nitrogens with two attached hydrogens (primary N) is 1. The van der Waals surface area contributed by atoms with Gasteiger partial charge in [0.1, 0.15) is 0 Å². The van der Waals surface area contributed by atoms with Crippen molar-refractivity contribution in [2.75, 3.05) is 24.7 Å². The quantitative estimate of drug-likeness (QED) is 0.929. The molecule has 1 amide bonds. The number of anilines is 1. The van der Waals surface area contributed by atoms with Gasteiger partial charge in [-0.1, -0.05) is 19.1 Å². The lowest BCUT2D eigenvalue weighted by molar-refractivity contribution is -0.125. The summed E-state index contributed by atoms with van der Waals surface area (Å²) in [5.41, 5.74) is 9.63. The zero-order valence-electron chi connectivity index (χ0n) is 12.7. The Morgan fingerprint density at radius 1 is 1.43 bits per heavy atom. The predicted octanol–water partition coefficient (Wildman–Crippen LogP) is 2.41. The topological polar surface area (TPSA) is 55.6 Å². The highest BCUT2D eigenvalue weighted by molar-refractivity contribution is 5.97. The Balaban J connectivity index is 1.78. The van der Waals surface area contributed by atoms with Crippen molar-refractivity contribution >= 4 is 11.6 Å². The van der Waals surface area contributed by atoms with E-state index < -0.39 is 0 Å². The fourth-order valence-corrected chi connectivity index (χ4v) is 3.28. The van der Waals surface area contributed by atoms with Gasteiger partial charge in [-0.3, -0.25) is 4.79 Å². The third kappa shape index (κ3) is 2.83. The highest BCUT2D eigenvalue weighted by atomic mass is 16.5. The first kappa shape index (κ1) is 14.5. The number of amides is 1. The summed E-state index contributed by atoms with van der Waals surface area (Å²) in [5, 5.41) is 0. The maximum atomic E-state index is 12.7. The summed E-state index contributed by atoms with van der Waals surface area (Å²) in [4.78, 5) is 14.6. The van der Waals surface area contributed by atoms with E-state index in [1.54, 1.807) is 0 Å². The number of nitrogens with zero attached hydrogens (tertiary/aromatic N) is 1. The molecule has 21 heavy (non-hydrogen) atoms. The SMILES string of the molecule is CCC(N)c1ccc2c(c1)CCN2C(=O)C1CCOCC1. The van der Waals surface area contributed by atoms with E-state index in [4.69, 9.17) is 10.5 Å². The Labute approximate surface area is 126 Å². The fraction of sp³-hybridized carbons (Fsp3) is 0.588. The minimum Gasteiger partial charge on any atom is -0.381 e. The molecule has 0 aromatic heterocycles. The third-order valence-corrected chi connectivity index (χ3v) is 4.70. The third-order valence-electron chi connectivity index (χ3n) is 4.70. The first-order valence-corrected chi connectivity index (χ1v) is 7.98. The average molecular weight is 288 g/mol. The number of hydrogen-bond acceptors (Lipinski definition) is 3. The van der Waals surface area contributed by atoms with Crippen LogP contribution in [0.2, 0.25) is 0 Å². The van der Waals surface area contributed by atoms with E-state index in [0.717, 1.165) is 37.9 Å². The second-order valence-electron chi connectivity index (χ2n) is 6.03. The molecule has 1 atom stereocenters. The molecule has 1 fully saturated rings. The van der Waals surface area contributed by atoms with Gasteiger partial charge in [-0.25, -0.2) is 0 Å². The van der Waals surface area contributed by atoms with Crippen LogP contribution >= 0.6 is 0 Å². The van der Waals surface area contributed by atoms with Crippen LogP contribution < -0.4 is 10.6 Å². The van der Waals surface area contributed by atoms with Crippen molar-refractivity contribution in [3.8, 4) is 0 Å². The van der Waals surface area contributed by atoms with Gasteiger partial charge in [0.2, 0.25) is 5.91 Å². The Hall–Kier alpha value is -1.39. The van der Waals surface area contributed by atoms with Crippen LogP contribution in [0, 0.1) is 5.92 Å². The summed E-state index contributed by atoms with van der Waals surface area (Å²) in [6, 6.07) is 6.42. The van der Waals surface area contributed by atoms with Crippen LogP contribution in [-0.2, 0) is 16.0 Å². The first-order valence-electron chi connectivity index (χ1n) is 7.98. The van der Waals surface area contributed by atoms with Crippen molar-refractivity contribution in [1.82, 2.24) is 0 Å². The van der Waals surface area contributed by atoms with Crippen LogP contribution in [0.4, 0.5) is 5.69 Å². The van der Waals surface area contributed by atoms with Crippen molar-refractivity contribution in [3.63, 3.8) is 0 Å². The standard InChI is InChI=1S/C17H24N2O2/c1-2-15(18)13-3-4-16-14(11-13)5-8-19(16)17(20)12-6-9-21-10-7-12/h3-4,11-12,15H,2,5-10,18H2,1H3. The number of hydrogen-bond donors (Lipinski definition) is 1. The molecular weight excluding hydrogens is 264 g/mol. The summed E-state index contributed by atoms with van der Waals surface area (Å²) in [7, 11) is 0. The molecule has 1 unspecified atom stereocenters. The van der Waals surface area contributed by atoms with E-state index in [2.05, 4.69) is 25.1 Å². The summed E-state index contributed by atoms with van der Waals surface area (Å²) in [5.74, 6) is 0.395. The molecule has 2 aliphatic heterocycles. The summed E-state index contributed by atoms with van der Waals surface area (Å²) >= 11 is 0. The maximum Gasteiger partial charge on any atom is 0.230 e. The van der Waals surface area contributed by atoms with Crippen LogP contribution in [0.3, 0.4) is 0 Å². The number of carbonyl (C=O) groups is 1. The van der Waals surface area contributed by atoms with Crippen molar-refractivity contribution < 1.29 is 9.53 Å². The van der Waals surface area contributed by atoms with Gasteiger partial charge in [0.25, 0.3) is 0 Å². The highest BCUT2D eigenvalue weighted by Gasteiger charge is 2.31. The Morgan fingerprint density at radius 3 is 2.90 bits per heavy atom. The van der Waals surface area contributed by atoms with Gasteiger partial charge < -0.3 is 15.4 Å². The highest BCUT2D eigenvalue weighted by Crippen LogP contribution is 2.33. The second kappa shape index (κ2) is 6.16. The molecule has 114 valence electrons. The van der Waals surface area contributed by atoms with Gasteiger partial charge in [-0.2, -0.15) is 0 Å². The Morgan fingerprint density at radius 2 is 2.19 bits per heavy atom. The molecule has 1 aromatic rings. The first-order chi connectivity index (χ1) is 10.2. The van der Waals surface area contributed by atoms with Crippen molar-refractivity contribution in [2.24, 2.45) is 11.7 Å². The van der Waals surface area contributed by atoms with Crippen LogP contribution in [0.15, 0.2) is 18.2 Å². The predicted molar refractivity (Wildman–Crippen MR) is 83.3 cm³/mol. The molecule has 0 radical (unpaired) electrons. The Kier molecular flexibility index (Phi) is 4.27. The van der Waals surface area contributed by atoms with Crippen LogP contribution in [-0.4, -0.2) is 25.7 Å². The lowest BCUT2D eigenvalue weighted by Crippen LogP contribution is -2.37. The van der Waals surface area contributed by atoms with Crippen LogP contribution in [0.25, 0.3) is 0 Å². The molecule has 0 saturated carbocycles. The van der Waals surface area contributed by atoms with Gasteiger partial charge in [0, 0.05) is 37.4 Å². The van der Waals surface area contributed by atoms with Gasteiger partial charge in [-0.05, 0) is 42.9 Å². The minimum absolute atomic E-state index is 0.0931. The molecule has 4 heteroatoms. The van der Waals surface area contributed by atoms with E-state index in [9.17, 15) is 4.79 Å². The van der Waals surface area contributed by atoms with E-state index >= 15 is 0 Å². The molecule has 0 spiro atoms. The van der Waals surface area contributed by atoms with E-state index in [-0.39, 0.29) is 17.9 Å². The Bertz CT molecular complexity index is 524. The summed E-state index contributed by atoms with van der Waals surface area (Å²) < 4.78 is 5.35. The minimum atomic E-state index is 0.0931. The maximum absolute atomic E-state index is 12.7. The molecule has 4 nitrogen and oxygen atoms in total. The summed E-state index contributed by atoms with van der Waals surface area (Å²) in [6.07, 6.45) is 3.57. The molecule has 1 saturated heterocycles. The van der Waals surface area contributed by atoms with Gasteiger partial charge in [0.15, 0.2) is 0 Å². The molecule has 0 bridgehead atoms. The van der Waals surface area contributed by atoms with E-state index in [1.807, 2.05) is 4.90 Å². The molecule has 0 aliphatic carbocycles. The van der Waals surface area contributed by atoms with E-state index in [0.29, 0.717) is 13.2 Å². The number of benzene rings is 1. The number of rotatable bonds is 3. The van der Waals surface area contributed by atoms with Gasteiger partial charge in [-0.15, -0.1) is 0 Å². The lowest BCUT2D eigenvalue weighted by Gasteiger charge is -2.27. The fourth-order valence-electron chi connectivity index (χ4n) is 3.28. The molecule has 2 N–H and O–H groups in total. The monoisotopic (exact) mass is 288 g/mol. The van der Waals surface area contributed by atoms with Crippen molar-refractivity contribution in [3.05, 3.63) is 29.3 Å². The smallest absolute Gasteiger partial charge is 0.230 e. The lowest BCUT2D eigenvalue weighted by atomic mass is 9.98. The van der Waals surface area contributed by atoms with Crippen molar-refractivity contribution in [2.45, 2.75) is 38.6 Å². The number of carbonyl (C=O) groups excluding carboxylic acids is 1. The van der Waals surface area contributed by atoms with Crippen LogP contribution in [0.5, 0.6) is 0 Å². The average Bonchev–Trinajstić information content (AvgIpc) is 2.97. The largest absolute Gasteiger partial charge is 0.381 e. The number of ether oxygens (including phenoxy) is 1. The molecule has 2 aliphatic rings. The van der Waals surface area contributed by atoms with Gasteiger partial charge in [0.05, 0.1) is 0 Å². The summed E-state index contributed by atoms with van der Waals surface area (Å²) in [6.45, 7) is 4.32. The normalized spacial score (nSPS) is 20.4. The molecular formula is C17H24N2O2. The second-order valence-corrected chi connectivity index (χ2v) is 6.03. The number of fused-ring (bicyclic) bond motifs is 1. The van der Waals surface area contributed by atoms with Crippen LogP contribution in [0.1, 0.15) is 43.4 Å². The molecule has 2 heterocycles. The zero-order chi connectivity index (χ0) is 14.8. The molecule has 1 aromatic carbocycles.